The zero-order chi connectivity index (χ0) is 23.6. The van der Waals surface area contributed by atoms with E-state index in [0.717, 1.165) is 23.1 Å². The molecule has 1 N–H and O–H groups in total. The van der Waals surface area contributed by atoms with Gasteiger partial charge in [0.15, 0.2) is 11.4 Å². The van der Waals surface area contributed by atoms with Crippen LogP contribution in [-0.2, 0) is 4.79 Å². The van der Waals surface area contributed by atoms with Crippen LogP contribution in [-0.4, -0.2) is 29.1 Å². The Morgan fingerprint density at radius 1 is 1.16 bits per heavy atom. The third kappa shape index (κ3) is 5.13. The van der Waals surface area contributed by atoms with Crippen molar-refractivity contribution in [3.8, 4) is 17.2 Å². The van der Waals surface area contributed by atoms with E-state index < -0.39 is 11.6 Å². The van der Waals surface area contributed by atoms with Crippen molar-refractivity contribution in [1.82, 2.24) is 0 Å². The summed E-state index contributed by atoms with van der Waals surface area (Å²) in [6, 6.07) is 8.94. The zero-order valence-corrected chi connectivity index (χ0v) is 19.4. The van der Waals surface area contributed by atoms with E-state index in [0.29, 0.717) is 35.3 Å². The van der Waals surface area contributed by atoms with Crippen LogP contribution in [0.2, 0.25) is 0 Å². The number of fused-ring (bicyclic) bond motifs is 1. The van der Waals surface area contributed by atoms with Gasteiger partial charge >= 0.3 is 5.97 Å². The van der Waals surface area contributed by atoms with E-state index in [9.17, 15) is 14.7 Å². The zero-order valence-electron chi connectivity index (χ0n) is 19.4. The first-order valence-corrected chi connectivity index (χ1v) is 10.7. The largest absolute Gasteiger partial charge is 0.493 e. The molecule has 0 saturated heterocycles. The van der Waals surface area contributed by atoms with Gasteiger partial charge in [0, 0.05) is 6.07 Å². The molecular formula is C26H30O6. The van der Waals surface area contributed by atoms with Crippen molar-refractivity contribution >= 4 is 17.8 Å². The lowest BCUT2D eigenvalue weighted by molar-refractivity contribution is -0.152. The predicted molar refractivity (Wildman–Crippen MR) is 123 cm³/mol. The molecule has 0 unspecified atom stereocenters. The number of aliphatic carboxylic acids is 1. The molecule has 2 aromatic carbocycles. The molecule has 1 aliphatic rings. The Morgan fingerprint density at radius 3 is 2.41 bits per heavy atom. The SMILES string of the molecule is Cc1cc(C=C2Oc3cc(OCCC(C)C)ccc3C2=O)cc(C)c1OC(C)(C)C(=O)O. The summed E-state index contributed by atoms with van der Waals surface area (Å²) in [5, 5.41) is 9.34. The topological polar surface area (TPSA) is 82.1 Å². The number of rotatable bonds is 8. The molecule has 0 saturated carbocycles. The Balaban J connectivity index is 1.81. The number of benzene rings is 2. The van der Waals surface area contributed by atoms with Gasteiger partial charge in [-0.25, -0.2) is 4.79 Å². The quantitative estimate of drug-likeness (QED) is 0.541. The van der Waals surface area contributed by atoms with Crippen molar-refractivity contribution in [2.75, 3.05) is 6.61 Å². The maximum Gasteiger partial charge on any atom is 0.347 e. The highest BCUT2D eigenvalue weighted by molar-refractivity contribution is 6.14. The van der Waals surface area contributed by atoms with Gasteiger partial charge in [-0.2, -0.15) is 0 Å². The number of hydrogen-bond donors (Lipinski definition) is 1. The van der Waals surface area contributed by atoms with Crippen molar-refractivity contribution in [1.29, 1.82) is 0 Å². The van der Waals surface area contributed by atoms with Gasteiger partial charge in [-0.15, -0.1) is 0 Å². The standard InChI is InChI=1S/C26H30O6/c1-15(2)9-10-30-19-7-8-20-21(14-19)31-22(23(20)27)13-18-11-16(3)24(17(4)12-18)32-26(5,6)25(28)29/h7-8,11-15H,9-10H2,1-6H3,(H,28,29). The normalized spacial score (nSPS) is 14.5. The van der Waals surface area contributed by atoms with Gasteiger partial charge in [0.05, 0.1) is 12.2 Å². The second-order valence-electron chi connectivity index (χ2n) is 9.03. The minimum absolute atomic E-state index is 0.184. The van der Waals surface area contributed by atoms with Crippen LogP contribution in [0.5, 0.6) is 17.2 Å². The second kappa shape index (κ2) is 9.07. The molecule has 1 heterocycles. The van der Waals surface area contributed by atoms with Gasteiger partial charge < -0.3 is 19.3 Å². The third-order valence-electron chi connectivity index (χ3n) is 5.26. The van der Waals surface area contributed by atoms with Crippen LogP contribution in [0.4, 0.5) is 0 Å². The molecule has 0 fully saturated rings. The average Bonchev–Trinajstić information content (AvgIpc) is 2.99. The summed E-state index contributed by atoms with van der Waals surface area (Å²) in [5.74, 6) is 1.24. The molecule has 0 radical (unpaired) electrons. The Morgan fingerprint density at radius 2 is 1.81 bits per heavy atom. The van der Waals surface area contributed by atoms with E-state index in [4.69, 9.17) is 14.2 Å². The van der Waals surface area contributed by atoms with Crippen molar-refractivity contribution in [3.63, 3.8) is 0 Å². The molecule has 0 amide bonds. The lowest BCUT2D eigenvalue weighted by atomic mass is 10.0. The first kappa shape index (κ1) is 23.4. The maximum absolute atomic E-state index is 12.8. The van der Waals surface area contributed by atoms with Gasteiger partial charge in [0.1, 0.15) is 17.2 Å². The summed E-state index contributed by atoms with van der Waals surface area (Å²) in [7, 11) is 0. The fraction of sp³-hybridized carbons (Fsp3) is 0.385. The van der Waals surface area contributed by atoms with Crippen LogP contribution in [0, 0.1) is 19.8 Å². The average molecular weight is 439 g/mol. The van der Waals surface area contributed by atoms with Gasteiger partial charge in [-0.3, -0.25) is 4.79 Å². The summed E-state index contributed by atoms with van der Waals surface area (Å²) < 4.78 is 17.4. The number of carbonyl (C=O) groups excluding carboxylic acids is 1. The number of hydrogen-bond acceptors (Lipinski definition) is 5. The molecule has 2 aromatic rings. The number of Topliss-reactive ketones (excluding diaryl/α,β-unsaturated/α-hetero) is 1. The number of allylic oxidation sites excluding steroid dienone is 1. The van der Waals surface area contributed by atoms with Gasteiger partial charge in [0.25, 0.3) is 0 Å². The van der Waals surface area contributed by atoms with Crippen molar-refractivity contribution in [2.45, 2.75) is 53.6 Å². The molecule has 0 atom stereocenters. The summed E-state index contributed by atoms with van der Waals surface area (Å²) in [6.45, 7) is 11.6. The minimum Gasteiger partial charge on any atom is -0.493 e. The number of carboxylic acid groups (broad SMARTS) is 1. The van der Waals surface area contributed by atoms with Crippen molar-refractivity contribution in [2.24, 2.45) is 5.92 Å². The highest BCUT2D eigenvalue weighted by atomic mass is 16.5. The fourth-order valence-electron chi connectivity index (χ4n) is 3.35. The molecule has 0 spiro atoms. The smallest absolute Gasteiger partial charge is 0.347 e. The van der Waals surface area contributed by atoms with Crippen molar-refractivity contribution < 1.29 is 28.9 Å². The summed E-state index contributed by atoms with van der Waals surface area (Å²) in [4.78, 5) is 24.2. The second-order valence-corrected chi connectivity index (χ2v) is 9.03. The minimum atomic E-state index is -1.35. The maximum atomic E-state index is 12.8. The monoisotopic (exact) mass is 438 g/mol. The number of carboxylic acids is 1. The summed E-state index contributed by atoms with van der Waals surface area (Å²) in [5.41, 5.74) is 1.47. The number of aryl methyl sites for hydroxylation is 2. The van der Waals surface area contributed by atoms with E-state index >= 15 is 0 Å². The highest BCUT2D eigenvalue weighted by Crippen LogP contribution is 2.36. The highest BCUT2D eigenvalue weighted by Gasteiger charge is 2.31. The first-order chi connectivity index (χ1) is 15.0. The predicted octanol–water partition coefficient (Wildman–Crippen LogP) is 5.59. The molecule has 32 heavy (non-hydrogen) atoms. The molecular weight excluding hydrogens is 408 g/mol. The van der Waals surface area contributed by atoms with Crippen molar-refractivity contribution in [3.05, 3.63) is 58.3 Å². The summed E-state index contributed by atoms with van der Waals surface area (Å²) >= 11 is 0. The molecule has 0 aliphatic carbocycles. The molecule has 0 bridgehead atoms. The molecule has 6 heteroatoms. The number of ether oxygens (including phenoxy) is 3. The Bertz CT molecular complexity index is 1050. The van der Waals surface area contributed by atoms with E-state index in [1.165, 1.54) is 13.8 Å². The van der Waals surface area contributed by atoms with Crippen LogP contribution in [0.3, 0.4) is 0 Å². The van der Waals surface area contributed by atoms with Crippen LogP contribution >= 0.6 is 0 Å². The molecule has 1 aliphatic heterocycles. The molecule has 6 nitrogen and oxygen atoms in total. The van der Waals surface area contributed by atoms with E-state index in [1.54, 1.807) is 24.3 Å². The molecule has 3 rings (SSSR count). The Hall–Kier alpha value is -3.28. The van der Waals surface area contributed by atoms with Gasteiger partial charge in [0.2, 0.25) is 5.78 Å². The number of ketones is 1. The molecule has 170 valence electrons. The van der Waals surface area contributed by atoms with Gasteiger partial charge in [-0.1, -0.05) is 13.8 Å². The summed E-state index contributed by atoms with van der Waals surface area (Å²) in [6.07, 6.45) is 2.64. The van der Waals surface area contributed by atoms with Crippen LogP contribution in [0.15, 0.2) is 36.1 Å². The van der Waals surface area contributed by atoms with Gasteiger partial charge in [-0.05, 0) is 87.1 Å². The van der Waals surface area contributed by atoms with E-state index in [-0.39, 0.29) is 11.5 Å². The van der Waals surface area contributed by atoms with E-state index in [2.05, 4.69) is 13.8 Å². The lowest BCUT2D eigenvalue weighted by Crippen LogP contribution is -2.38. The van der Waals surface area contributed by atoms with E-state index in [1.807, 2.05) is 26.0 Å². The Kier molecular flexibility index (Phi) is 6.63. The fourth-order valence-corrected chi connectivity index (χ4v) is 3.35. The van der Waals surface area contributed by atoms with Crippen LogP contribution in [0.25, 0.3) is 6.08 Å². The lowest BCUT2D eigenvalue weighted by Gasteiger charge is -2.24. The first-order valence-electron chi connectivity index (χ1n) is 10.7. The third-order valence-corrected chi connectivity index (χ3v) is 5.26. The van der Waals surface area contributed by atoms with Crippen LogP contribution in [0.1, 0.15) is 61.2 Å². The molecule has 0 aromatic heterocycles. The number of carbonyl (C=O) groups is 2. The van der Waals surface area contributed by atoms with Crippen LogP contribution < -0.4 is 14.2 Å². The Labute approximate surface area is 188 Å².